The smallest absolute Gasteiger partial charge is 0.102 e. The molecule has 0 aromatic rings. The molecule has 138 valence electrons. The summed E-state index contributed by atoms with van der Waals surface area (Å²) in [6.07, 6.45) is 26.3. The molecule has 0 saturated carbocycles. The second-order valence-electron chi connectivity index (χ2n) is 7.00. The Hall–Kier alpha value is -0.340. The zero-order chi connectivity index (χ0) is 17.0. The van der Waals surface area contributed by atoms with Gasteiger partial charge in [-0.1, -0.05) is 89.7 Å². The van der Waals surface area contributed by atoms with E-state index < -0.39 is 6.23 Å². The van der Waals surface area contributed by atoms with Crippen LogP contribution in [-0.2, 0) is 0 Å². The minimum atomic E-state index is -0.607. The number of nitrogens with two attached hydrogens (primary N) is 1. The Morgan fingerprint density at radius 2 is 1.04 bits per heavy atom. The van der Waals surface area contributed by atoms with Crippen LogP contribution in [0.4, 0.5) is 0 Å². The maximum atomic E-state index is 8.96. The van der Waals surface area contributed by atoms with Crippen LogP contribution in [0.1, 0.15) is 116 Å². The number of rotatable bonds is 18. The minimum Gasteiger partial charge on any atom is -0.379 e. The average Bonchev–Trinajstić information content (AvgIpc) is 2.53. The molecule has 0 aliphatic rings. The second kappa shape index (κ2) is 19.7. The van der Waals surface area contributed by atoms with Crippen LogP contribution in [0, 0.1) is 0 Å². The van der Waals surface area contributed by atoms with Crippen molar-refractivity contribution >= 4 is 0 Å². The van der Waals surface area contributed by atoms with Crippen LogP contribution in [0.15, 0.2) is 12.2 Å². The highest BCUT2D eigenvalue weighted by Gasteiger charge is 1.96. The maximum absolute atomic E-state index is 8.96. The molecule has 0 amide bonds. The fourth-order valence-corrected chi connectivity index (χ4v) is 2.95. The largest absolute Gasteiger partial charge is 0.379 e. The summed E-state index contributed by atoms with van der Waals surface area (Å²) in [6.45, 7) is 2.28. The molecule has 0 heterocycles. The van der Waals surface area contributed by atoms with Crippen molar-refractivity contribution in [2.45, 2.75) is 122 Å². The van der Waals surface area contributed by atoms with E-state index in [0.717, 1.165) is 12.8 Å². The highest BCUT2D eigenvalue weighted by molar-refractivity contribution is 4.81. The Morgan fingerprint density at radius 1 is 0.652 bits per heavy atom. The van der Waals surface area contributed by atoms with Gasteiger partial charge in [-0.25, -0.2) is 0 Å². The van der Waals surface area contributed by atoms with E-state index >= 15 is 0 Å². The Kier molecular flexibility index (Phi) is 19.4. The molecule has 0 aliphatic heterocycles. The van der Waals surface area contributed by atoms with E-state index in [9.17, 15) is 0 Å². The normalized spacial score (nSPS) is 13.0. The fraction of sp³-hybridized carbons (Fsp3) is 0.905. The Labute approximate surface area is 145 Å². The number of aliphatic hydroxyl groups is 1. The van der Waals surface area contributed by atoms with Crippen molar-refractivity contribution in [1.29, 1.82) is 0 Å². The fourth-order valence-electron chi connectivity index (χ4n) is 2.95. The predicted octanol–water partition coefficient (Wildman–Crippen LogP) is 6.47. The third kappa shape index (κ3) is 21.7. The zero-order valence-electron chi connectivity index (χ0n) is 15.8. The molecule has 0 bridgehead atoms. The van der Waals surface area contributed by atoms with E-state index in [1.807, 2.05) is 0 Å². The summed E-state index contributed by atoms with van der Waals surface area (Å²) in [5, 5.41) is 8.96. The van der Waals surface area contributed by atoms with Crippen molar-refractivity contribution in [2.24, 2.45) is 5.73 Å². The van der Waals surface area contributed by atoms with Gasteiger partial charge in [0.1, 0.15) is 6.23 Å². The van der Waals surface area contributed by atoms with Gasteiger partial charge in [-0.05, 0) is 38.5 Å². The van der Waals surface area contributed by atoms with Crippen molar-refractivity contribution < 1.29 is 5.11 Å². The van der Waals surface area contributed by atoms with E-state index in [1.165, 1.54) is 96.3 Å². The van der Waals surface area contributed by atoms with Gasteiger partial charge >= 0.3 is 0 Å². The summed E-state index contributed by atoms with van der Waals surface area (Å²) < 4.78 is 0. The SMILES string of the molecule is CCCCCCCC/C=C\CCCCCCCCCCC(N)O. The first-order valence-electron chi connectivity index (χ1n) is 10.4. The molecule has 1 atom stereocenters. The van der Waals surface area contributed by atoms with E-state index in [1.54, 1.807) is 0 Å². The van der Waals surface area contributed by atoms with Crippen LogP contribution in [0.3, 0.4) is 0 Å². The lowest BCUT2D eigenvalue weighted by Gasteiger charge is -2.04. The van der Waals surface area contributed by atoms with Gasteiger partial charge in [-0.2, -0.15) is 0 Å². The van der Waals surface area contributed by atoms with Gasteiger partial charge in [-0.15, -0.1) is 0 Å². The topological polar surface area (TPSA) is 46.2 Å². The van der Waals surface area contributed by atoms with Crippen LogP contribution in [0.2, 0.25) is 0 Å². The molecule has 1 unspecified atom stereocenters. The molecular weight excluding hydrogens is 282 g/mol. The van der Waals surface area contributed by atoms with Crippen LogP contribution in [-0.4, -0.2) is 11.3 Å². The summed E-state index contributed by atoms with van der Waals surface area (Å²) in [7, 11) is 0. The molecule has 2 heteroatoms. The number of unbranched alkanes of at least 4 members (excludes halogenated alkanes) is 14. The van der Waals surface area contributed by atoms with Crippen molar-refractivity contribution in [3.05, 3.63) is 12.2 Å². The third-order valence-electron chi connectivity index (χ3n) is 4.51. The zero-order valence-corrected chi connectivity index (χ0v) is 15.8. The molecular formula is C21H43NO. The first-order valence-corrected chi connectivity index (χ1v) is 10.4. The summed E-state index contributed by atoms with van der Waals surface area (Å²) in [5.74, 6) is 0. The van der Waals surface area contributed by atoms with Crippen molar-refractivity contribution in [3.63, 3.8) is 0 Å². The molecule has 0 aromatic heterocycles. The molecule has 0 fully saturated rings. The summed E-state index contributed by atoms with van der Waals surface area (Å²) in [4.78, 5) is 0. The number of aliphatic hydroxyl groups excluding tert-OH is 1. The molecule has 2 nitrogen and oxygen atoms in total. The molecule has 0 spiro atoms. The minimum absolute atomic E-state index is 0.607. The Balaban J connectivity index is 3.05. The number of hydrogen-bond acceptors (Lipinski definition) is 2. The first kappa shape index (κ1) is 22.7. The van der Waals surface area contributed by atoms with Gasteiger partial charge in [0.25, 0.3) is 0 Å². The molecule has 0 rings (SSSR count). The van der Waals surface area contributed by atoms with E-state index in [4.69, 9.17) is 10.8 Å². The molecule has 0 aliphatic carbocycles. The summed E-state index contributed by atoms with van der Waals surface area (Å²) in [5.41, 5.74) is 5.31. The lowest BCUT2D eigenvalue weighted by molar-refractivity contribution is 0.168. The maximum Gasteiger partial charge on any atom is 0.102 e. The summed E-state index contributed by atoms with van der Waals surface area (Å²) >= 11 is 0. The van der Waals surface area contributed by atoms with Crippen LogP contribution >= 0.6 is 0 Å². The lowest BCUT2D eigenvalue weighted by Crippen LogP contribution is -2.17. The molecule has 0 radical (unpaired) electrons. The molecule has 0 aromatic carbocycles. The van der Waals surface area contributed by atoms with Crippen molar-refractivity contribution in [3.8, 4) is 0 Å². The monoisotopic (exact) mass is 325 g/mol. The van der Waals surface area contributed by atoms with Gasteiger partial charge in [0, 0.05) is 0 Å². The van der Waals surface area contributed by atoms with Gasteiger partial charge in [0.05, 0.1) is 0 Å². The van der Waals surface area contributed by atoms with Gasteiger partial charge < -0.3 is 10.8 Å². The summed E-state index contributed by atoms with van der Waals surface area (Å²) in [6, 6.07) is 0. The van der Waals surface area contributed by atoms with Crippen molar-refractivity contribution in [2.75, 3.05) is 0 Å². The lowest BCUT2D eigenvalue weighted by atomic mass is 10.1. The average molecular weight is 326 g/mol. The Bertz CT molecular complexity index is 238. The first-order chi connectivity index (χ1) is 11.3. The second-order valence-corrected chi connectivity index (χ2v) is 7.00. The highest BCUT2D eigenvalue weighted by Crippen LogP contribution is 2.11. The van der Waals surface area contributed by atoms with Crippen LogP contribution in [0.5, 0.6) is 0 Å². The van der Waals surface area contributed by atoms with E-state index in [2.05, 4.69) is 19.1 Å². The van der Waals surface area contributed by atoms with Crippen LogP contribution < -0.4 is 5.73 Å². The van der Waals surface area contributed by atoms with Crippen molar-refractivity contribution in [1.82, 2.24) is 0 Å². The number of allylic oxidation sites excluding steroid dienone is 2. The Morgan fingerprint density at radius 3 is 1.48 bits per heavy atom. The van der Waals surface area contributed by atoms with Crippen LogP contribution in [0.25, 0.3) is 0 Å². The van der Waals surface area contributed by atoms with Gasteiger partial charge in [0.2, 0.25) is 0 Å². The molecule has 3 N–H and O–H groups in total. The molecule has 0 saturated heterocycles. The quantitative estimate of drug-likeness (QED) is 0.172. The third-order valence-corrected chi connectivity index (χ3v) is 4.51. The van der Waals surface area contributed by atoms with E-state index in [0.29, 0.717) is 0 Å². The molecule has 23 heavy (non-hydrogen) atoms. The van der Waals surface area contributed by atoms with E-state index in [-0.39, 0.29) is 0 Å². The highest BCUT2D eigenvalue weighted by atomic mass is 16.3. The number of hydrogen-bond donors (Lipinski definition) is 2. The predicted molar refractivity (Wildman–Crippen MR) is 103 cm³/mol. The van der Waals surface area contributed by atoms with Gasteiger partial charge in [-0.3, -0.25) is 0 Å². The standard InChI is InChI=1S/C21H43NO/c1-2-3-4-5-6-7-8-9-10-11-12-13-14-15-16-17-18-19-20-21(22)23/h9-10,21,23H,2-8,11-20,22H2,1H3/b10-9-. The van der Waals surface area contributed by atoms with Gasteiger partial charge in [0.15, 0.2) is 0 Å².